The van der Waals surface area contributed by atoms with E-state index < -0.39 is 0 Å². The Morgan fingerprint density at radius 1 is 1.30 bits per heavy atom. The molecular formula is C17H27NO2. The number of nitrogens with one attached hydrogen (secondary N) is 1. The van der Waals surface area contributed by atoms with Crippen molar-refractivity contribution < 1.29 is 9.47 Å². The summed E-state index contributed by atoms with van der Waals surface area (Å²) in [6.45, 7) is 10.00. The van der Waals surface area contributed by atoms with Crippen LogP contribution in [0.1, 0.15) is 44.7 Å². The summed E-state index contributed by atoms with van der Waals surface area (Å²) >= 11 is 0. The fraction of sp³-hybridized carbons (Fsp3) is 0.647. The summed E-state index contributed by atoms with van der Waals surface area (Å²) in [5.41, 5.74) is 2.54. The van der Waals surface area contributed by atoms with E-state index in [1.54, 1.807) is 0 Å². The molecule has 2 rings (SSSR count). The number of hydrogen-bond acceptors (Lipinski definition) is 3. The van der Waals surface area contributed by atoms with Gasteiger partial charge in [0.1, 0.15) is 11.4 Å². The van der Waals surface area contributed by atoms with Gasteiger partial charge in [0.2, 0.25) is 0 Å². The Kier molecular flexibility index (Phi) is 5.44. The molecule has 20 heavy (non-hydrogen) atoms. The lowest BCUT2D eigenvalue weighted by Gasteiger charge is -2.18. The average molecular weight is 277 g/mol. The zero-order chi connectivity index (χ0) is 14.4. The number of benzene rings is 1. The van der Waals surface area contributed by atoms with Crippen LogP contribution in [0.2, 0.25) is 0 Å². The smallest absolute Gasteiger partial charge is 0.127 e. The molecule has 0 unspecified atom stereocenters. The zero-order valence-corrected chi connectivity index (χ0v) is 13.0. The van der Waals surface area contributed by atoms with Gasteiger partial charge in [0.25, 0.3) is 0 Å². The second-order valence-electron chi connectivity index (χ2n) is 6.09. The van der Waals surface area contributed by atoms with Crippen LogP contribution in [0.25, 0.3) is 0 Å². The maximum Gasteiger partial charge on any atom is 0.127 e. The largest absolute Gasteiger partial charge is 0.487 e. The summed E-state index contributed by atoms with van der Waals surface area (Å²) in [4.78, 5) is 0. The third-order valence-electron chi connectivity index (χ3n) is 3.48. The lowest BCUT2D eigenvalue weighted by Crippen LogP contribution is -2.25. The van der Waals surface area contributed by atoms with Crippen LogP contribution in [-0.4, -0.2) is 25.4 Å². The molecule has 0 aromatic heterocycles. The molecule has 0 saturated heterocycles. The molecule has 0 radical (unpaired) electrons. The minimum atomic E-state index is -0.0631. The molecule has 0 bridgehead atoms. The van der Waals surface area contributed by atoms with Gasteiger partial charge >= 0.3 is 0 Å². The summed E-state index contributed by atoms with van der Waals surface area (Å²) < 4.78 is 11.5. The third kappa shape index (κ3) is 4.22. The Hall–Kier alpha value is -1.06. The molecule has 1 aromatic carbocycles. The summed E-state index contributed by atoms with van der Waals surface area (Å²) in [7, 11) is 0. The summed E-state index contributed by atoms with van der Waals surface area (Å²) in [6.07, 6.45) is 3.15. The van der Waals surface area contributed by atoms with Crippen LogP contribution in [0, 0.1) is 0 Å². The molecule has 1 aromatic rings. The van der Waals surface area contributed by atoms with E-state index >= 15 is 0 Å². The molecule has 112 valence electrons. The molecule has 1 N–H and O–H groups in total. The third-order valence-corrected chi connectivity index (χ3v) is 3.48. The molecule has 0 fully saturated rings. The first kappa shape index (κ1) is 15.3. The molecular weight excluding hydrogens is 250 g/mol. The minimum absolute atomic E-state index is 0.0631. The highest BCUT2D eigenvalue weighted by atomic mass is 16.5. The highest BCUT2D eigenvalue weighted by molar-refractivity contribution is 5.45. The van der Waals surface area contributed by atoms with E-state index in [0.29, 0.717) is 0 Å². The van der Waals surface area contributed by atoms with Crippen molar-refractivity contribution in [1.82, 2.24) is 5.32 Å². The predicted octanol–water partition coefficient (Wildman–Crippen LogP) is 3.31. The normalized spacial score (nSPS) is 15.9. The summed E-state index contributed by atoms with van der Waals surface area (Å²) in [6, 6.07) is 6.46. The monoisotopic (exact) mass is 277 g/mol. The first-order valence-corrected chi connectivity index (χ1v) is 7.70. The van der Waals surface area contributed by atoms with Gasteiger partial charge in [0, 0.05) is 31.7 Å². The second-order valence-corrected chi connectivity index (χ2v) is 6.09. The summed E-state index contributed by atoms with van der Waals surface area (Å²) in [5.74, 6) is 1.09. The van der Waals surface area contributed by atoms with Gasteiger partial charge in [0.15, 0.2) is 0 Å². The predicted molar refractivity (Wildman–Crippen MR) is 82.3 cm³/mol. The Morgan fingerprint density at radius 2 is 2.15 bits per heavy atom. The van der Waals surface area contributed by atoms with Crippen LogP contribution in [0.5, 0.6) is 5.75 Å². The Balaban J connectivity index is 1.76. The van der Waals surface area contributed by atoms with Gasteiger partial charge < -0.3 is 14.8 Å². The maximum atomic E-state index is 6.07. The van der Waals surface area contributed by atoms with E-state index in [9.17, 15) is 0 Å². The van der Waals surface area contributed by atoms with Crippen LogP contribution >= 0.6 is 0 Å². The van der Waals surface area contributed by atoms with E-state index in [2.05, 4.69) is 44.3 Å². The van der Waals surface area contributed by atoms with Crippen LogP contribution in [0.15, 0.2) is 18.2 Å². The molecule has 1 aliphatic rings. The number of ether oxygens (including phenoxy) is 2. The van der Waals surface area contributed by atoms with Gasteiger partial charge in [-0.05, 0) is 38.8 Å². The molecule has 0 saturated carbocycles. The molecule has 0 aliphatic carbocycles. The zero-order valence-electron chi connectivity index (χ0n) is 13.0. The van der Waals surface area contributed by atoms with Gasteiger partial charge in [-0.1, -0.05) is 25.1 Å². The quantitative estimate of drug-likeness (QED) is 0.740. The van der Waals surface area contributed by atoms with Crippen molar-refractivity contribution in [3.8, 4) is 5.75 Å². The van der Waals surface area contributed by atoms with Gasteiger partial charge in [0.05, 0.1) is 0 Å². The minimum Gasteiger partial charge on any atom is -0.487 e. The van der Waals surface area contributed by atoms with Crippen molar-refractivity contribution >= 4 is 0 Å². The SMILES string of the molecule is CCCOCCCNCc1cccc2c1OC(C)(C)C2. The van der Waals surface area contributed by atoms with Crippen LogP contribution in [-0.2, 0) is 17.7 Å². The van der Waals surface area contributed by atoms with E-state index in [1.807, 2.05) is 0 Å². The van der Waals surface area contributed by atoms with Gasteiger partial charge in [-0.25, -0.2) is 0 Å². The number of rotatable bonds is 8. The molecule has 0 spiro atoms. The van der Waals surface area contributed by atoms with Crippen molar-refractivity contribution in [2.24, 2.45) is 0 Å². The maximum absolute atomic E-state index is 6.07. The number of hydrogen-bond donors (Lipinski definition) is 1. The fourth-order valence-corrected chi connectivity index (χ4v) is 2.59. The van der Waals surface area contributed by atoms with E-state index in [0.717, 1.165) is 51.3 Å². The highest BCUT2D eigenvalue weighted by Crippen LogP contribution is 2.37. The summed E-state index contributed by atoms with van der Waals surface area (Å²) in [5, 5.41) is 3.48. The van der Waals surface area contributed by atoms with Gasteiger partial charge in [-0.3, -0.25) is 0 Å². The Morgan fingerprint density at radius 3 is 2.95 bits per heavy atom. The van der Waals surface area contributed by atoms with Crippen molar-refractivity contribution in [1.29, 1.82) is 0 Å². The number of fused-ring (bicyclic) bond motifs is 1. The molecule has 1 heterocycles. The van der Waals surface area contributed by atoms with Crippen molar-refractivity contribution in [2.75, 3.05) is 19.8 Å². The Labute approximate surface area is 122 Å². The lowest BCUT2D eigenvalue weighted by atomic mass is 10.0. The van der Waals surface area contributed by atoms with Crippen molar-refractivity contribution in [3.63, 3.8) is 0 Å². The van der Waals surface area contributed by atoms with Crippen molar-refractivity contribution in [3.05, 3.63) is 29.3 Å². The molecule has 1 aliphatic heterocycles. The average Bonchev–Trinajstić information content (AvgIpc) is 2.72. The Bertz CT molecular complexity index is 429. The lowest BCUT2D eigenvalue weighted by molar-refractivity contribution is 0.132. The topological polar surface area (TPSA) is 30.5 Å². The van der Waals surface area contributed by atoms with E-state index in [1.165, 1.54) is 11.1 Å². The highest BCUT2D eigenvalue weighted by Gasteiger charge is 2.31. The van der Waals surface area contributed by atoms with Crippen molar-refractivity contribution in [2.45, 2.75) is 52.2 Å². The molecule has 3 nitrogen and oxygen atoms in total. The van der Waals surface area contributed by atoms with Crippen LogP contribution in [0.3, 0.4) is 0 Å². The first-order valence-electron chi connectivity index (χ1n) is 7.70. The second kappa shape index (κ2) is 7.09. The van der Waals surface area contributed by atoms with E-state index in [-0.39, 0.29) is 5.60 Å². The molecule has 3 heteroatoms. The first-order chi connectivity index (χ1) is 9.62. The van der Waals surface area contributed by atoms with E-state index in [4.69, 9.17) is 9.47 Å². The molecule has 0 amide bonds. The van der Waals surface area contributed by atoms with Crippen LogP contribution in [0.4, 0.5) is 0 Å². The fourth-order valence-electron chi connectivity index (χ4n) is 2.59. The van der Waals surface area contributed by atoms with Gasteiger partial charge in [-0.2, -0.15) is 0 Å². The van der Waals surface area contributed by atoms with Gasteiger partial charge in [-0.15, -0.1) is 0 Å². The van der Waals surface area contributed by atoms with Crippen LogP contribution < -0.4 is 10.1 Å². The standard InChI is InChI=1S/C17H27NO2/c1-4-10-19-11-6-9-18-13-15-8-5-7-14-12-17(2,3)20-16(14)15/h5,7-8,18H,4,6,9-13H2,1-3H3. The number of para-hydroxylation sites is 1. The molecule has 0 atom stereocenters.